The van der Waals surface area contributed by atoms with Gasteiger partial charge in [-0.1, -0.05) is 11.6 Å². The lowest BCUT2D eigenvalue weighted by Gasteiger charge is -2.18. The van der Waals surface area contributed by atoms with E-state index in [-0.39, 0.29) is 17.5 Å². The van der Waals surface area contributed by atoms with Crippen LogP contribution in [0, 0.1) is 5.82 Å². The number of furan rings is 1. The largest absolute Gasteiger partial charge is 0.496 e. The van der Waals surface area contributed by atoms with Gasteiger partial charge in [0, 0.05) is 29.7 Å². The van der Waals surface area contributed by atoms with E-state index in [9.17, 15) is 9.18 Å². The van der Waals surface area contributed by atoms with E-state index in [1.165, 1.54) is 17.0 Å². The van der Waals surface area contributed by atoms with Gasteiger partial charge in [-0.25, -0.2) is 4.39 Å². The topological polar surface area (TPSA) is 42.7 Å². The maximum Gasteiger partial charge on any atom is 0.289 e. The van der Waals surface area contributed by atoms with E-state index in [0.717, 1.165) is 5.56 Å². The summed E-state index contributed by atoms with van der Waals surface area (Å²) in [6.07, 6.45) is 0. The highest BCUT2D eigenvalue weighted by molar-refractivity contribution is 6.30. The van der Waals surface area contributed by atoms with Gasteiger partial charge in [-0.15, -0.1) is 0 Å². The molecule has 134 valence electrons. The van der Waals surface area contributed by atoms with E-state index >= 15 is 0 Å². The summed E-state index contributed by atoms with van der Waals surface area (Å²) in [4.78, 5) is 14.1. The predicted molar refractivity (Wildman–Crippen MR) is 97.9 cm³/mol. The molecular formula is C20H17ClFNO3. The molecule has 1 heterocycles. The molecule has 0 unspecified atom stereocenters. The van der Waals surface area contributed by atoms with Gasteiger partial charge in [0.05, 0.1) is 7.11 Å². The fourth-order valence-corrected chi connectivity index (χ4v) is 2.80. The molecule has 0 saturated heterocycles. The number of ether oxygens (including phenoxy) is 1. The number of carbonyl (C=O) groups is 1. The standard InChI is InChI=1S/C20H17ClFNO3/c1-23(12-14-11-15(21)5-8-17(14)25-2)20(24)19-10-9-18(26-19)13-3-6-16(22)7-4-13/h3-11H,12H2,1-2H3. The molecule has 3 rings (SSSR count). The minimum atomic E-state index is -0.327. The molecule has 0 spiro atoms. The Labute approximate surface area is 155 Å². The molecule has 0 aliphatic carbocycles. The van der Waals surface area contributed by atoms with Crippen molar-refractivity contribution in [3.63, 3.8) is 0 Å². The first-order chi connectivity index (χ1) is 12.5. The summed E-state index contributed by atoms with van der Waals surface area (Å²) in [5.41, 5.74) is 1.49. The lowest BCUT2D eigenvalue weighted by Crippen LogP contribution is -2.26. The van der Waals surface area contributed by atoms with E-state index < -0.39 is 0 Å². The first-order valence-corrected chi connectivity index (χ1v) is 8.29. The van der Waals surface area contributed by atoms with Gasteiger partial charge in [0.1, 0.15) is 17.3 Å². The Morgan fingerprint density at radius 1 is 1.15 bits per heavy atom. The first kappa shape index (κ1) is 18.0. The van der Waals surface area contributed by atoms with Crippen LogP contribution in [0.25, 0.3) is 11.3 Å². The normalized spacial score (nSPS) is 10.6. The quantitative estimate of drug-likeness (QED) is 0.630. The third kappa shape index (κ3) is 3.89. The number of hydrogen-bond acceptors (Lipinski definition) is 3. The molecule has 6 heteroatoms. The van der Waals surface area contributed by atoms with Crippen molar-refractivity contribution < 1.29 is 18.3 Å². The fourth-order valence-electron chi connectivity index (χ4n) is 2.61. The van der Waals surface area contributed by atoms with Crippen molar-refractivity contribution in [2.24, 2.45) is 0 Å². The molecule has 26 heavy (non-hydrogen) atoms. The van der Waals surface area contributed by atoms with Crippen molar-refractivity contribution in [3.8, 4) is 17.1 Å². The molecule has 0 atom stereocenters. The van der Waals surface area contributed by atoms with E-state index in [4.69, 9.17) is 20.8 Å². The van der Waals surface area contributed by atoms with Crippen LogP contribution < -0.4 is 4.74 Å². The molecule has 1 aromatic heterocycles. The zero-order valence-corrected chi connectivity index (χ0v) is 15.1. The molecular weight excluding hydrogens is 357 g/mol. The molecule has 0 saturated carbocycles. The number of rotatable bonds is 5. The van der Waals surface area contributed by atoms with Crippen molar-refractivity contribution in [1.29, 1.82) is 0 Å². The highest BCUT2D eigenvalue weighted by Crippen LogP contribution is 2.26. The average molecular weight is 374 g/mol. The van der Waals surface area contributed by atoms with Crippen LogP contribution in [0.5, 0.6) is 5.75 Å². The summed E-state index contributed by atoms with van der Waals surface area (Å²) in [7, 11) is 3.23. The van der Waals surface area contributed by atoms with Crippen LogP contribution in [0.4, 0.5) is 4.39 Å². The Morgan fingerprint density at radius 2 is 1.88 bits per heavy atom. The van der Waals surface area contributed by atoms with Gasteiger partial charge in [-0.2, -0.15) is 0 Å². The van der Waals surface area contributed by atoms with Crippen LogP contribution in [0.3, 0.4) is 0 Å². The molecule has 3 aromatic rings. The van der Waals surface area contributed by atoms with Crippen molar-refractivity contribution in [2.45, 2.75) is 6.54 Å². The third-order valence-electron chi connectivity index (χ3n) is 3.94. The Kier molecular flexibility index (Phi) is 5.28. The van der Waals surface area contributed by atoms with Crippen LogP contribution in [0.1, 0.15) is 16.1 Å². The van der Waals surface area contributed by atoms with Crippen molar-refractivity contribution in [2.75, 3.05) is 14.2 Å². The Hall–Kier alpha value is -2.79. The number of amides is 1. The smallest absolute Gasteiger partial charge is 0.289 e. The molecule has 2 aromatic carbocycles. The van der Waals surface area contributed by atoms with Gasteiger partial charge in [0.2, 0.25) is 0 Å². The third-order valence-corrected chi connectivity index (χ3v) is 4.18. The van der Waals surface area contributed by atoms with Gasteiger partial charge in [-0.05, 0) is 54.6 Å². The van der Waals surface area contributed by atoms with Crippen molar-refractivity contribution >= 4 is 17.5 Å². The van der Waals surface area contributed by atoms with Crippen LogP contribution in [0.2, 0.25) is 5.02 Å². The number of methoxy groups -OCH3 is 1. The Balaban J connectivity index is 1.77. The van der Waals surface area contributed by atoms with Crippen LogP contribution in [-0.2, 0) is 6.54 Å². The number of halogens is 2. The highest BCUT2D eigenvalue weighted by Gasteiger charge is 2.18. The first-order valence-electron chi connectivity index (χ1n) is 7.91. The molecule has 1 amide bonds. The van der Waals surface area contributed by atoms with Gasteiger partial charge in [0.15, 0.2) is 5.76 Å². The summed E-state index contributed by atoms with van der Waals surface area (Å²) >= 11 is 6.03. The Morgan fingerprint density at radius 3 is 2.58 bits per heavy atom. The zero-order chi connectivity index (χ0) is 18.7. The minimum Gasteiger partial charge on any atom is -0.496 e. The number of nitrogens with zero attached hydrogens (tertiary/aromatic N) is 1. The molecule has 0 fully saturated rings. The molecule has 0 aliphatic rings. The van der Waals surface area contributed by atoms with Gasteiger partial charge in [0.25, 0.3) is 5.91 Å². The number of benzene rings is 2. The lowest BCUT2D eigenvalue weighted by atomic mass is 10.2. The fraction of sp³-hybridized carbons (Fsp3) is 0.150. The number of carbonyl (C=O) groups excluding carboxylic acids is 1. The highest BCUT2D eigenvalue weighted by atomic mass is 35.5. The van der Waals surface area contributed by atoms with Crippen molar-refractivity contribution in [3.05, 3.63) is 76.8 Å². The SMILES string of the molecule is COc1ccc(Cl)cc1CN(C)C(=O)c1ccc(-c2ccc(F)cc2)o1. The van der Waals surface area contributed by atoms with Gasteiger partial charge in [-0.3, -0.25) is 4.79 Å². The van der Waals surface area contributed by atoms with Gasteiger partial charge >= 0.3 is 0 Å². The maximum absolute atomic E-state index is 13.0. The molecule has 0 aliphatic heterocycles. The summed E-state index contributed by atoms with van der Waals surface area (Å²) in [5, 5.41) is 0.568. The molecule has 0 radical (unpaired) electrons. The van der Waals surface area contributed by atoms with E-state index in [1.807, 2.05) is 0 Å². The summed E-state index contributed by atoms with van der Waals surface area (Å²) in [5.74, 6) is 0.752. The average Bonchev–Trinajstić information content (AvgIpc) is 3.12. The van der Waals surface area contributed by atoms with Gasteiger partial charge < -0.3 is 14.1 Å². The second-order valence-electron chi connectivity index (χ2n) is 5.79. The molecule has 4 nitrogen and oxygen atoms in total. The van der Waals surface area contributed by atoms with Crippen molar-refractivity contribution in [1.82, 2.24) is 4.90 Å². The van der Waals surface area contributed by atoms with Crippen LogP contribution >= 0.6 is 11.6 Å². The Bertz CT molecular complexity index is 921. The van der Waals surface area contributed by atoms with Crippen LogP contribution in [-0.4, -0.2) is 25.0 Å². The van der Waals surface area contributed by atoms with E-state index in [0.29, 0.717) is 28.6 Å². The number of hydrogen-bond donors (Lipinski definition) is 0. The second-order valence-corrected chi connectivity index (χ2v) is 6.22. The second kappa shape index (κ2) is 7.62. The monoisotopic (exact) mass is 373 g/mol. The van der Waals surface area contributed by atoms with E-state index in [1.54, 1.807) is 56.6 Å². The van der Waals surface area contributed by atoms with Crippen LogP contribution in [0.15, 0.2) is 59.0 Å². The summed E-state index contributed by atoms with van der Waals surface area (Å²) in [6.45, 7) is 0.315. The van der Waals surface area contributed by atoms with E-state index in [2.05, 4.69) is 0 Å². The zero-order valence-electron chi connectivity index (χ0n) is 14.3. The minimum absolute atomic E-state index is 0.202. The maximum atomic E-state index is 13.0. The molecule has 0 bridgehead atoms. The molecule has 0 N–H and O–H groups in total. The summed E-state index contributed by atoms with van der Waals surface area (Å²) < 4.78 is 24.0. The summed E-state index contributed by atoms with van der Waals surface area (Å²) in [6, 6.07) is 14.4. The lowest BCUT2D eigenvalue weighted by molar-refractivity contribution is 0.0753. The predicted octanol–water partition coefficient (Wildman–Crippen LogP) is 5.02.